The quantitative estimate of drug-likeness (QED) is 0.293. The van der Waals surface area contributed by atoms with Crippen molar-refractivity contribution in [1.29, 1.82) is 0 Å². The predicted molar refractivity (Wildman–Crippen MR) is 142 cm³/mol. The molecule has 5 rings (SSSR count). The topological polar surface area (TPSA) is 83.1 Å². The molecule has 0 N–H and O–H groups in total. The van der Waals surface area contributed by atoms with Gasteiger partial charge in [0.15, 0.2) is 0 Å². The van der Waals surface area contributed by atoms with Crippen molar-refractivity contribution in [3.05, 3.63) is 76.5 Å². The lowest BCUT2D eigenvalue weighted by Crippen LogP contribution is -2.39. The van der Waals surface area contributed by atoms with E-state index in [1.54, 1.807) is 37.5 Å². The summed E-state index contributed by atoms with van der Waals surface area (Å²) in [6.45, 7) is 8.49. The van der Waals surface area contributed by atoms with Crippen LogP contribution in [0, 0.1) is 6.57 Å². The van der Waals surface area contributed by atoms with Gasteiger partial charge in [-0.2, -0.15) is 0 Å². The van der Waals surface area contributed by atoms with Gasteiger partial charge in [-0.15, -0.1) is 18.2 Å². The maximum Gasteiger partial charge on any atom is 0.573 e. The van der Waals surface area contributed by atoms with Crippen LogP contribution in [0.1, 0.15) is 12.8 Å². The third-order valence-corrected chi connectivity index (χ3v) is 6.67. The fraction of sp³-hybridized carbons (Fsp3) is 0.286. The van der Waals surface area contributed by atoms with E-state index in [1.165, 1.54) is 35.9 Å². The molecule has 0 aliphatic carbocycles. The van der Waals surface area contributed by atoms with Crippen LogP contribution in [0.2, 0.25) is 0 Å². The van der Waals surface area contributed by atoms with Crippen molar-refractivity contribution < 1.29 is 27.4 Å². The van der Waals surface area contributed by atoms with E-state index in [1.807, 2.05) is 0 Å². The first-order valence-corrected chi connectivity index (χ1v) is 12.4. The van der Waals surface area contributed by atoms with Gasteiger partial charge in [-0.3, -0.25) is 4.79 Å². The highest BCUT2D eigenvalue weighted by Crippen LogP contribution is 2.37. The molecule has 0 radical (unpaired) electrons. The third kappa shape index (κ3) is 5.49. The van der Waals surface area contributed by atoms with Crippen molar-refractivity contribution in [3.8, 4) is 28.5 Å². The molecule has 1 saturated heterocycles. The third-order valence-electron chi connectivity index (χ3n) is 6.67. The van der Waals surface area contributed by atoms with Crippen molar-refractivity contribution in [2.24, 2.45) is 7.05 Å². The van der Waals surface area contributed by atoms with E-state index in [9.17, 15) is 18.0 Å². The Morgan fingerprint density at radius 3 is 2.33 bits per heavy atom. The summed E-state index contributed by atoms with van der Waals surface area (Å²) in [7, 11) is 3.17. The van der Waals surface area contributed by atoms with E-state index in [-0.39, 0.29) is 23.2 Å². The van der Waals surface area contributed by atoms with Crippen molar-refractivity contribution in [2.45, 2.75) is 25.3 Å². The summed E-state index contributed by atoms with van der Waals surface area (Å²) in [5.41, 5.74) is 2.51. The van der Waals surface area contributed by atoms with E-state index < -0.39 is 6.36 Å². The number of anilines is 1. The van der Waals surface area contributed by atoms with Crippen LogP contribution in [0.3, 0.4) is 0 Å². The second-order valence-electron chi connectivity index (χ2n) is 9.15. The highest BCUT2D eigenvalue weighted by Gasteiger charge is 2.31. The van der Waals surface area contributed by atoms with E-state index in [4.69, 9.17) is 16.0 Å². The Balaban J connectivity index is 1.45. The summed E-state index contributed by atoms with van der Waals surface area (Å²) in [5, 5.41) is 0. The summed E-state index contributed by atoms with van der Waals surface area (Å²) in [4.78, 5) is 28.1. The van der Waals surface area contributed by atoms with Gasteiger partial charge < -0.3 is 28.5 Å². The molecular weight excluding hydrogens is 527 g/mol. The van der Waals surface area contributed by atoms with Gasteiger partial charge >= 0.3 is 6.36 Å². The summed E-state index contributed by atoms with van der Waals surface area (Å²) in [5.74, 6) is 0.731. The zero-order chi connectivity index (χ0) is 28.4. The van der Waals surface area contributed by atoms with Crippen molar-refractivity contribution in [1.82, 2.24) is 14.5 Å². The number of fused-ring (bicyclic) bond motifs is 1. The molecule has 1 aromatic carbocycles. The lowest BCUT2D eigenvalue weighted by Gasteiger charge is -2.34. The van der Waals surface area contributed by atoms with Crippen LogP contribution in [0.15, 0.2) is 59.5 Å². The molecule has 40 heavy (non-hydrogen) atoms. The number of methoxy groups -OCH3 is 1. The first-order chi connectivity index (χ1) is 19.2. The molecule has 0 saturated carbocycles. The molecule has 0 bridgehead atoms. The van der Waals surface area contributed by atoms with E-state index in [2.05, 4.69) is 24.4 Å². The number of hydrogen-bond acceptors (Lipinski definition) is 7. The smallest absolute Gasteiger partial charge is 0.490 e. The molecule has 9 nitrogen and oxygen atoms in total. The van der Waals surface area contributed by atoms with Crippen molar-refractivity contribution in [3.63, 3.8) is 0 Å². The van der Waals surface area contributed by atoms with Crippen LogP contribution < -0.4 is 24.7 Å². The first-order valence-electron chi connectivity index (χ1n) is 12.4. The minimum absolute atomic E-state index is 0.193. The maximum atomic E-state index is 13.7. The van der Waals surface area contributed by atoms with Gasteiger partial charge in [-0.1, -0.05) is 6.57 Å². The molecule has 12 heteroatoms. The Kier molecular flexibility index (Phi) is 7.21. The van der Waals surface area contributed by atoms with Gasteiger partial charge in [0.2, 0.25) is 11.4 Å². The molecule has 3 aromatic heterocycles. The minimum atomic E-state index is -4.76. The monoisotopic (exact) mass is 551 g/mol. The number of aryl methyl sites for hydroxylation is 1. The SMILES string of the molecule is [C-]#[N+]c1ccc2c(n1)c(N1CCC(Oc3ccc(OC(F)(F)F)cc3)CC1)c(-c1ccc(OC)nc1)c(=O)n2C. The normalized spacial score (nSPS) is 14.2. The Morgan fingerprint density at radius 1 is 1.02 bits per heavy atom. The van der Waals surface area contributed by atoms with Crippen LogP contribution in [0.5, 0.6) is 17.4 Å². The average Bonchev–Trinajstić information content (AvgIpc) is 2.95. The number of alkyl halides is 3. The Labute approximate surface area is 227 Å². The molecule has 0 unspecified atom stereocenters. The molecule has 0 spiro atoms. The largest absolute Gasteiger partial charge is 0.573 e. The number of piperidine rings is 1. The molecule has 4 aromatic rings. The summed E-state index contributed by atoms with van der Waals surface area (Å²) in [6.07, 6.45) is -2.21. The Bertz CT molecular complexity index is 1620. The lowest BCUT2D eigenvalue weighted by molar-refractivity contribution is -0.274. The molecule has 4 heterocycles. The molecular formula is C28H24F3N5O4. The number of ether oxygens (including phenoxy) is 3. The molecule has 1 fully saturated rings. The first kappa shape index (κ1) is 26.8. The lowest BCUT2D eigenvalue weighted by atomic mass is 10.0. The van der Waals surface area contributed by atoms with Gasteiger partial charge in [-0.05, 0) is 42.5 Å². The highest BCUT2D eigenvalue weighted by molar-refractivity contribution is 5.98. The molecule has 1 aliphatic rings. The second-order valence-corrected chi connectivity index (χ2v) is 9.15. The van der Waals surface area contributed by atoms with E-state index >= 15 is 0 Å². The number of nitrogens with zero attached hydrogens (tertiary/aromatic N) is 5. The average molecular weight is 552 g/mol. The zero-order valence-corrected chi connectivity index (χ0v) is 21.6. The molecule has 0 atom stereocenters. The minimum Gasteiger partial charge on any atom is -0.490 e. The number of benzene rings is 1. The van der Waals surface area contributed by atoms with Gasteiger partial charge in [0.25, 0.3) is 11.4 Å². The molecule has 1 aliphatic heterocycles. The highest BCUT2D eigenvalue weighted by atomic mass is 19.4. The Morgan fingerprint density at radius 2 is 1.73 bits per heavy atom. The second kappa shape index (κ2) is 10.8. The van der Waals surface area contributed by atoms with Gasteiger partial charge in [0.1, 0.15) is 23.3 Å². The van der Waals surface area contributed by atoms with Crippen molar-refractivity contribution in [2.75, 3.05) is 25.1 Å². The van der Waals surface area contributed by atoms with E-state index in [0.29, 0.717) is 65.4 Å². The van der Waals surface area contributed by atoms with Crippen LogP contribution in [0.25, 0.3) is 27.0 Å². The Hall–Kier alpha value is -4.79. The summed E-state index contributed by atoms with van der Waals surface area (Å²) in [6, 6.07) is 12.0. The fourth-order valence-corrected chi connectivity index (χ4v) is 4.77. The number of aromatic nitrogens is 3. The van der Waals surface area contributed by atoms with Crippen LogP contribution in [0.4, 0.5) is 24.7 Å². The van der Waals surface area contributed by atoms with Crippen LogP contribution >= 0.6 is 0 Å². The molecule has 206 valence electrons. The van der Waals surface area contributed by atoms with Crippen LogP contribution in [-0.4, -0.2) is 47.2 Å². The zero-order valence-electron chi connectivity index (χ0n) is 21.6. The number of rotatable bonds is 6. The number of pyridine rings is 3. The van der Waals surface area contributed by atoms with Crippen molar-refractivity contribution >= 4 is 22.5 Å². The van der Waals surface area contributed by atoms with Gasteiger partial charge in [0, 0.05) is 50.8 Å². The number of hydrogen-bond donors (Lipinski definition) is 0. The predicted octanol–water partition coefficient (Wildman–Crippen LogP) is 5.50. The maximum absolute atomic E-state index is 13.7. The summed E-state index contributed by atoms with van der Waals surface area (Å²) >= 11 is 0. The standard InChI is InChI=1S/C28H24F3N5O4/c1-32-22-10-9-21-25(34-22)26(24(27(37)35(21)2)17-4-11-23(38-3)33-16-17)36-14-12-19(13-15-36)39-18-5-7-20(8-6-18)40-28(29,30)31/h4-11,16,19H,12-15H2,2-3H3. The van der Waals surface area contributed by atoms with Crippen LogP contribution in [-0.2, 0) is 7.05 Å². The summed E-state index contributed by atoms with van der Waals surface area (Å²) < 4.78 is 54.0. The fourth-order valence-electron chi connectivity index (χ4n) is 4.77. The van der Waals surface area contributed by atoms with Gasteiger partial charge in [-0.25, -0.2) is 4.98 Å². The van der Waals surface area contributed by atoms with Gasteiger partial charge in [0.05, 0.1) is 18.2 Å². The molecule has 0 amide bonds. The number of halogens is 3. The van der Waals surface area contributed by atoms with E-state index in [0.717, 1.165) is 0 Å².